The molecular weight excluding hydrogens is 355 g/mol. The van der Waals surface area contributed by atoms with Gasteiger partial charge in [-0.15, -0.1) is 0 Å². The van der Waals surface area contributed by atoms with E-state index in [9.17, 15) is 13.2 Å². The summed E-state index contributed by atoms with van der Waals surface area (Å²) < 4.78 is 39.3. The summed E-state index contributed by atoms with van der Waals surface area (Å²) in [5.41, 5.74) is 2.18. The fourth-order valence-corrected chi connectivity index (χ4v) is 3.04. The molecule has 0 heterocycles. The van der Waals surface area contributed by atoms with Crippen LogP contribution in [0.1, 0.15) is 29.5 Å². The lowest BCUT2D eigenvalue weighted by molar-refractivity contribution is -0.137. The average molecular weight is 368 g/mol. The topological polar surface area (TPSA) is 12.0 Å². The van der Waals surface area contributed by atoms with Crippen molar-refractivity contribution in [2.75, 3.05) is 0 Å². The van der Waals surface area contributed by atoms with Crippen molar-refractivity contribution in [1.29, 1.82) is 0 Å². The number of alkyl halides is 3. The molecule has 0 atom stereocenters. The third-order valence-electron chi connectivity index (χ3n) is 3.92. The Morgan fingerprint density at radius 3 is 2.25 bits per heavy atom. The minimum atomic E-state index is -4.44. The van der Waals surface area contributed by atoms with Crippen molar-refractivity contribution >= 4 is 34.4 Å². The molecule has 0 spiro atoms. The molecule has 0 saturated carbocycles. The molecule has 1 N–H and O–H groups in total. The van der Waals surface area contributed by atoms with Crippen LogP contribution in [0.3, 0.4) is 0 Å². The molecule has 0 unspecified atom stereocenters. The van der Waals surface area contributed by atoms with Crippen LogP contribution in [0.25, 0.3) is 5.57 Å². The van der Waals surface area contributed by atoms with Crippen LogP contribution < -0.4 is 5.32 Å². The number of thiocarbonyl (C=S) groups is 1. The van der Waals surface area contributed by atoms with Crippen LogP contribution >= 0.6 is 23.8 Å². The number of nitrogens with one attached hydrogen (secondary N) is 1. The number of allylic oxidation sites excluding steroid dienone is 2. The summed E-state index contributed by atoms with van der Waals surface area (Å²) in [4.78, 5) is 0.0871. The molecular formula is C18H13ClF3NS. The first-order valence-corrected chi connectivity index (χ1v) is 8.10. The number of benzene rings is 2. The molecule has 0 radical (unpaired) electrons. The van der Waals surface area contributed by atoms with E-state index in [1.807, 2.05) is 12.1 Å². The Bertz CT molecular complexity index is 810. The number of halogens is 4. The van der Waals surface area contributed by atoms with Crippen LogP contribution in [0.4, 0.5) is 13.2 Å². The zero-order valence-electron chi connectivity index (χ0n) is 12.5. The molecule has 2 aromatic rings. The van der Waals surface area contributed by atoms with Gasteiger partial charge < -0.3 is 5.32 Å². The van der Waals surface area contributed by atoms with E-state index in [-0.39, 0.29) is 10.6 Å². The Kier molecular flexibility index (Phi) is 4.65. The van der Waals surface area contributed by atoms with Gasteiger partial charge in [0.2, 0.25) is 0 Å². The SMILES string of the molecule is FC(F)(F)c1ccccc1C(=S)NC1=C(c2ccc(Cl)cc2)CC1. The predicted molar refractivity (Wildman–Crippen MR) is 93.9 cm³/mol. The molecule has 2 aromatic carbocycles. The van der Waals surface area contributed by atoms with E-state index in [1.54, 1.807) is 18.2 Å². The maximum absolute atomic E-state index is 13.1. The van der Waals surface area contributed by atoms with Gasteiger partial charge in [0.25, 0.3) is 0 Å². The lowest BCUT2D eigenvalue weighted by atomic mass is 9.88. The summed E-state index contributed by atoms with van der Waals surface area (Å²) in [6, 6.07) is 12.7. The summed E-state index contributed by atoms with van der Waals surface area (Å²) in [6.07, 6.45) is -2.82. The van der Waals surface area contributed by atoms with E-state index >= 15 is 0 Å². The largest absolute Gasteiger partial charge is 0.417 e. The van der Waals surface area contributed by atoms with Crippen LogP contribution in [0.15, 0.2) is 54.2 Å². The summed E-state index contributed by atoms with van der Waals surface area (Å²) in [5.74, 6) is 0. The predicted octanol–water partition coefficient (Wildman–Crippen LogP) is 5.83. The lowest BCUT2D eigenvalue weighted by Crippen LogP contribution is -2.28. The normalized spacial score (nSPS) is 14.3. The van der Waals surface area contributed by atoms with Crippen LogP contribution in [-0.2, 0) is 6.18 Å². The molecule has 0 amide bonds. The van der Waals surface area contributed by atoms with Crippen LogP contribution in [0.2, 0.25) is 5.02 Å². The van der Waals surface area contributed by atoms with Gasteiger partial charge in [-0.1, -0.05) is 54.2 Å². The zero-order chi connectivity index (χ0) is 17.3. The summed E-state index contributed by atoms with van der Waals surface area (Å²) in [7, 11) is 0. The molecule has 1 aliphatic rings. The fourth-order valence-electron chi connectivity index (χ4n) is 2.62. The van der Waals surface area contributed by atoms with E-state index in [0.717, 1.165) is 35.7 Å². The van der Waals surface area contributed by atoms with E-state index < -0.39 is 11.7 Å². The Balaban J connectivity index is 1.86. The standard InChI is InChI=1S/C18H13ClF3NS/c19-12-7-5-11(6-8-12)13-9-10-16(13)23-17(24)14-3-1-2-4-15(14)18(20,21)22/h1-8H,9-10H2,(H,23,24). The zero-order valence-corrected chi connectivity index (χ0v) is 14.0. The Labute approximate surface area is 148 Å². The fraction of sp³-hybridized carbons (Fsp3) is 0.167. The van der Waals surface area contributed by atoms with E-state index in [4.69, 9.17) is 23.8 Å². The van der Waals surface area contributed by atoms with Crippen molar-refractivity contribution in [3.63, 3.8) is 0 Å². The first-order chi connectivity index (χ1) is 11.4. The van der Waals surface area contributed by atoms with Crippen LogP contribution in [0.5, 0.6) is 0 Å². The van der Waals surface area contributed by atoms with Crippen molar-refractivity contribution in [1.82, 2.24) is 5.32 Å². The summed E-state index contributed by atoms with van der Waals surface area (Å²) in [5, 5.41) is 3.63. The van der Waals surface area contributed by atoms with Gasteiger partial charge in [-0.2, -0.15) is 13.2 Å². The monoisotopic (exact) mass is 367 g/mol. The first-order valence-electron chi connectivity index (χ1n) is 7.32. The van der Waals surface area contributed by atoms with E-state index in [2.05, 4.69) is 5.32 Å². The minimum Gasteiger partial charge on any atom is -0.349 e. The smallest absolute Gasteiger partial charge is 0.349 e. The lowest BCUT2D eigenvalue weighted by Gasteiger charge is -2.26. The molecule has 0 aliphatic heterocycles. The van der Waals surface area contributed by atoms with Gasteiger partial charge in [0, 0.05) is 16.3 Å². The van der Waals surface area contributed by atoms with Crippen molar-refractivity contribution in [3.8, 4) is 0 Å². The average Bonchev–Trinajstić information content (AvgIpc) is 2.52. The second-order valence-electron chi connectivity index (χ2n) is 5.46. The second kappa shape index (κ2) is 6.57. The Morgan fingerprint density at radius 1 is 1.00 bits per heavy atom. The third-order valence-corrected chi connectivity index (χ3v) is 4.50. The van der Waals surface area contributed by atoms with Gasteiger partial charge in [-0.3, -0.25) is 0 Å². The van der Waals surface area contributed by atoms with Crippen molar-refractivity contribution in [3.05, 3.63) is 75.9 Å². The molecule has 0 fully saturated rings. The molecule has 0 bridgehead atoms. The number of hydrogen-bond donors (Lipinski definition) is 1. The minimum absolute atomic E-state index is 0.00476. The van der Waals surface area contributed by atoms with Gasteiger partial charge in [-0.05, 0) is 42.2 Å². The maximum atomic E-state index is 13.1. The highest BCUT2D eigenvalue weighted by Crippen LogP contribution is 2.36. The highest BCUT2D eigenvalue weighted by molar-refractivity contribution is 7.80. The second-order valence-corrected chi connectivity index (χ2v) is 6.31. The molecule has 1 aliphatic carbocycles. The summed E-state index contributed by atoms with van der Waals surface area (Å²) in [6.45, 7) is 0. The highest BCUT2D eigenvalue weighted by atomic mass is 35.5. The molecule has 24 heavy (non-hydrogen) atoms. The van der Waals surface area contributed by atoms with Crippen molar-refractivity contribution < 1.29 is 13.2 Å². The Morgan fingerprint density at radius 2 is 1.67 bits per heavy atom. The van der Waals surface area contributed by atoms with E-state index in [0.29, 0.717) is 5.02 Å². The third kappa shape index (κ3) is 3.47. The quantitative estimate of drug-likeness (QED) is 0.685. The van der Waals surface area contributed by atoms with Crippen molar-refractivity contribution in [2.24, 2.45) is 0 Å². The molecule has 124 valence electrons. The van der Waals surface area contributed by atoms with Gasteiger partial charge in [0.15, 0.2) is 0 Å². The number of hydrogen-bond acceptors (Lipinski definition) is 1. The first kappa shape index (κ1) is 17.0. The van der Waals surface area contributed by atoms with Gasteiger partial charge in [-0.25, -0.2) is 0 Å². The number of rotatable bonds is 3. The highest BCUT2D eigenvalue weighted by Gasteiger charge is 2.34. The van der Waals surface area contributed by atoms with Crippen LogP contribution in [0, 0.1) is 0 Å². The van der Waals surface area contributed by atoms with Gasteiger partial charge in [0.1, 0.15) is 4.99 Å². The molecule has 0 saturated heterocycles. The molecule has 0 aromatic heterocycles. The molecule has 1 nitrogen and oxygen atoms in total. The Hall–Kier alpha value is -1.85. The maximum Gasteiger partial charge on any atom is 0.417 e. The van der Waals surface area contributed by atoms with Crippen LogP contribution in [-0.4, -0.2) is 4.99 Å². The van der Waals surface area contributed by atoms with E-state index in [1.165, 1.54) is 12.1 Å². The van der Waals surface area contributed by atoms with Crippen molar-refractivity contribution in [2.45, 2.75) is 19.0 Å². The van der Waals surface area contributed by atoms with Gasteiger partial charge >= 0.3 is 6.18 Å². The molecule has 3 rings (SSSR count). The molecule has 6 heteroatoms. The van der Waals surface area contributed by atoms with Gasteiger partial charge in [0.05, 0.1) is 5.56 Å². The summed E-state index contributed by atoms with van der Waals surface area (Å²) >= 11 is 11.1.